The van der Waals surface area contributed by atoms with E-state index in [1.165, 1.54) is 5.56 Å². The first-order valence-corrected chi connectivity index (χ1v) is 10.0. The standard InChI is InChI=1S/C19H24N2O3S/c1-5-16-8-10-17(11-9-16)20-19(22)15(3)21(25(4,23)24)18-12-6-14(2)7-13-18/h6-13,15H,5H2,1-4H3,(H,20,22)/t15-/m0/s1. The molecule has 2 aromatic carbocycles. The smallest absolute Gasteiger partial charge is 0.247 e. The quantitative estimate of drug-likeness (QED) is 0.859. The van der Waals surface area contributed by atoms with Crippen LogP contribution in [-0.2, 0) is 21.2 Å². The number of hydrogen-bond acceptors (Lipinski definition) is 3. The summed E-state index contributed by atoms with van der Waals surface area (Å²) in [6, 6.07) is 13.7. The fourth-order valence-electron chi connectivity index (χ4n) is 2.57. The zero-order chi connectivity index (χ0) is 18.6. The zero-order valence-corrected chi connectivity index (χ0v) is 15.8. The summed E-state index contributed by atoms with van der Waals surface area (Å²) in [5, 5.41) is 2.78. The molecule has 1 N–H and O–H groups in total. The third kappa shape index (κ3) is 4.82. The van der Waals surface area contributed by atoms with Crippen LogP contribution < -0.4 is 9.62 Å². The SMILES string of the molecule is CCc1ccc(NC(=O)[C@H](C)N(c2ccc(C)cc2)S(C)(=O)=O)cc1. The van der Waals surface area contributed by atoms with Gasteiger partial charge in [0.1, 0.15) is 6.04 Å². The average molecular weight is 360 g/mol. The first-order chi connectivity index (χ1) is 11.7. The van der Waals surface area contributed by atoms with Gasteiger partial charge in [-0.1, -0.05) is 36.8 Å². The van der Waals surface area contributed by atoms with E-state index in [9.17, 15) is 13.2 Å². The maximum atomic E-state index is 12.6. The van der Waals surface area contributed by atoms with E-state index in [4.69, 9.17) is 0 Å². The average Bonchev–Trinajstić information content (AvgIpc) is 2.56. The van der Waals surface area contributed by atoms with Crippen LogP contribution >= 0.6 is 0 Å². The van der Waals surface area contributed by atoms with E-state index in [1.54, 1.807) is 19.1 Å². The van der Waals surface area contributed by atoms with Gasteiger partial charge < -0.3 is 5.32 Å². The highest BCUT2D eigenvalue weighted by Gasteiger charge is 2.29. The van der Waals surface area contributed by atoms with Gasteiger partial charge in [-0.3, -0.25) is 9.10 Å². The van der Waals surface area contributed by atoms with Gasteiger partial charge in [-0.25, -0.2) is 8.42 Å². The molecule has 0 saturated heterocycles. The van der Waals surface area contributed by atoms with Crippen molar-refractivity contribution in [2.75, 3.05) is 15.9 Å². The number of carbonyl (C=O) groups is 1. The Balaban J connectivity index is 2.24. The Bertz CT molecular complexity index is 828. The monoisotopic (exact) mass is 360 g/mol. The molecule has 0 unspecified atom stereocenters. The highest BCUT2D eigenvalue weighted by atomic mass is 32.2. The molecule has 2 aromatic rings. The Morgan fingerprint density at radius 3 is 2.12 bits per heavy atom. The molecule has 1 atom stereocenters. The lowest BCUT2D eigenvalue weighted by Crippen LogP contribution is -2.45. The number of carbonyl (C=O) groups excluding carboxylic acids is 1. The van der Waals surface area contributed by atoms with Gasteiger partial charge in [0.05, 0.1) is 11.9 Å². The highest BCUT2D eigenvalue weighted by molar-refractivity contribution is 7.92. The summed E-state index contributed by atoms with van der Waals surface area (Å²) in [4.78, 5) is 12.6. The number of amides is 1. The number of rotatable bonds is 6. The molecular formula is C19H24N2O3S. The predicted octanol–water partition coefficient (Wildman–Crippen LogP) is 3.35. The molecule has 2 rings (SSSR count). The van der Waals surface area contributed by atoms with E-state index in [-0.39, 0.29) is 5.91 Å². The zero-order valence-electron chi connectivity index (χ0n) is 15.0. The second-order valence-electron chi connectivity index (χ2n) is 6.11. The Morgan fingerprint density at radius 2 is 1.64 bits per heavy atom. The van der Waals surface area contributed by atoms with Crippen molar-refractivity contribution in [2.45, 2.75) is 33.2 Å². The van der Waals surface area contributed by atoms with Crippen molar-refractivity contribution in [1.29, 1.82) is 0 Å². The Kier molecular flexibility index (Phi) is 5.85. The van der Waals surface area contributed by atoms with Crippen LogP contribution in [0.4, 0.5) is 11.4 Å². The molecule has 0 aromatic heterocycles. The summed E-state index contributed by atoms with van der Waals surface area (Å²) in [5.74, 6) is -0.379. The van der Waals surface area contributed by atoms with Crippen molar-refractivity contribution >= 4 is 27.3 Å². The first-order valence-electron chi connectivity index (χ1n) is 8.18. The first kappa shape index (κ1) is 19.0. The Hall–Kier alpha value is -2.34. The van der Waals surface area contributed by atoms with Crippen LogP contribution in [0.3, 0.4) is 0 Å². The second kappa shape index (κ2) is 7.70. The summed E-state index contributed by atoms with van der Waals surface area (Å²) < 4.78 is 25.6. The summed E-state index contributed by atoms with van der Waals surface area (Å²) >= 11 is 0. The van der Waals surface area contributed by atoms with Crippen LogP contribution in [0, 0.1) is 6.92 Å². The third-order valence-corrected chi connectivity index (χ3v) is 5.25. The van der Waals surface area contributed by atoms with E-state index in [0.717, 1.165) is 22.5 Å². The summed E-state index contributed by atoms with van der Waals surface area (Å²) in [5.41, 5.74) is 3.30. The van der Waals surface area contributed by atoms with Crippen LogP contribution in [-0.4, -0.2) is 26.6 Å². The number of anilines is 2. The van der Waals surface area contributed by atoms with Crippen LogP contribution in [0.15, 0.2) is 48.5 Å². The Morgan fingerprint density at radius 1 is 1.08 bits per heavy atom. The van der Waals surface area contributed by atoms with Crippen molar-refractivity contribution in [1.82, 2.24) is 0 Å². The van der Waals surface area contributed by atoms with Gasteiger partial charge in [0.25, 0.3) is 0 Å². The third-order valence-electron chi connectivity index (χ3n) is 4.01. The van der Waals surface area contributed by atoms with Gasteiger partial charge >= 0.3 is 0 Å². The van der Waals surface area contributed by atoms with Crippen LogP contribution in [0.2, 0.25) is 0 Å². The van der Waals surface area contributed by atoms with Crippen molar-refractivity contribution in [3.05, 3.63) is 59.7 Å². The fraction of sp³-hybridized carbons (Fsp3) is 0.316. The van der Waals surface area contributed by atoms with Crippen molar-refractivity contribution in [3.8, 4) is 0 Å². The predicted molar refractivity (Wildman–Crippen MR) is 102 cm³/mol. The second-order valence-corrected chi connectivity index (χ2v) is 7.97. The van der Waals surface area contributed by atoms with E-state index >= 15 is 0 Å². The van der Waals surface area contributed by atoms with Gasteiger partial charge in [0.2, 0.25) is 15.9 Å². The number of nitrogens with zero attached hydrogens (tertiary/aromatic N) is 1. The number of hydrogen-bond donors (Lipinski definition) is 1. The minimum Gasteiger partial charge on any atom is -0.324 e. The molecule has 0 fully saturated rings. The molecule has 0 aliphatic carbocycles. The van der Waals surface area contributed by atoms with Gasteiger partial charge in [0.15, 0.2) is 0 Å². The molecule has 0 aliphatic rings. The minimum absolute atomic E-state index is 0.379. The van der Waals surface area contributed by atoms with Crippen molar-refractivity contribution < 1.29 is 13.2 Å². The van der Waals surface area contributed by atoms with Gasteiger partial charge in [-0.05, 0) is 50.1 Å². The van der Waals surface area contributed by atoms with Crippen LogP contribution in [0.5, 0.6) is 0 Å². The lowest BCUT2D eigenvalue weighted by molar-refractivity contribution is -0.116. The molecule has 0 radical (unpaired) electrons. The normalized spacial score (nSPS) is 12.5. The van der Waals surface area contributed by atoms with Crippen LogP contribution in [0.25, 0.3) is 0 Å². The van der Waals surface area contributed by atoms with E-state index in [0.29, 0.717) is 11.4 Å². The van der Waals surface area contributed by atoms with Crippen LogP contribution in [0.1, 0.15) is 25.0 Å². The fourth-order valence-corrected chi connectivity index (χ4v) is 3.75. The van der Waals surface area contributed by atoms with Gasteiger partial charge in [0, 0.05) is 5.69 Å². The van der Waals surface area contributed by atoms with E-state index in [2.05, 4.69) is 12.2 Å². The number of benzene rings is 2. The van der Waals surface area contributed by atoms with E-state index < -0.39 is 16.1 Å². The molecule has 0 saturated carbocycles. The highest BCUT2D eigenvalue weighted by Crippen LogP contribution is 2.22. The lowest BCUT2D eigenvalue weighted by Gasteiger charge is -2.28. The topological polar surface area (TPSA) is 66.5 Å². The molecule has 0 heterocycles. The van der Waals surface area contributed by atoms with E-state index in [1.807, 2.05) is 43.3 Å². The molecule has 25 heavy (non-hydrogen) atoms. The Labute approximate surface area is 149 Å². The molecular weight excluding hydrogens is 336 g/mol. The van der Waals surface area contributed by atoms with Gasteiger partial charge in [-0.15, -0.1) is 0 Å². The molecule has 0 bridgehead atoms. The maximum absolute atomic E-state index is 12.6. The summed E-state index contributed by atoms with van der Waals surface area (Å²) in [6.45, 7) is 5.56. The minimum atomic E-state index is -3.61. The molecule has 6 heteroatoms. The molecule has 0 aliphatic heterocycles. The molecule has 5 nitrogen and oxygen atoms in total. The van der Waals surface area contributed by atoms with Crippen molar-refractivity contribution in [2.24, 2.45) is 0 Å². The van der Waals surface area contributed by atoms with Gasteiger partial charge in [-0.2, -0.15) is 0 Å². The largest absolute Gasteiger partial charge is 0.324 e. The maximum Gasteiger partial charge on any atom is 0.247 e. The molecule has 1 amide bonds. The molecule has 134 valence electrons. The molecule has 0 spiro atoms. The lowest BCUT2D eigenvalue weighted by atomic mass is 10.1. The number of nitrogens with one attached hydrogen (secondary N) is 1. The van der Waals surface area contributed by atoms with Crippen molar-refractivity contribution in [3.63, 3.8) is 0 Å². The summed E-state index contributed by atoms with van der Waals surface area (Å²) in [6.07, 6.45) is 2.02. The summed E-state index contributed by atoms with van der Waals surface area (Å²) in [7, 11) is -3.61. The number of aryl methyl sites for hydroxylation is 2. The number of sulfonamides is 1.